The van der Waals surface area contributed by atoms with Crippen LogP contribution in [0.25, 0.3) is 10.4 Å². The molecule has 4 rings (SSSR count). The molecule has 136 valence electrons. The van der Waals surface area contributed by atoms with Gasteiger partial charge in [0.1, 0.15) is 6.04 Å². The molecule has 1 aliphatic heterocycles. The van der Waals surface area contributed by atoms with Crippen molar-refractivity contribution >= 4 is 35.0 Å². The molecular formula is C20H21NO3S2. The van der Waals surface area contributed by atoms with Crippen molar-refractivity contribution in [3.05, 3.63) is 46.3 Å². The van der Waals surface area contributed by atoms with Crippen LogP contribution in [-0.2, 0) is 22.4 Å². The fourth-order valence-electron chi connectivity index (χ4n) is 3.60. The Labute approximate surface area is 161 Å². The molecule has 6 heteroatoms. The number of carbonyl (C=O) groups excluding carboxylic acids is 2. The lowest BCUT2D eigenvalue weighted by molar-refractivity contribution is -0.147. The van der Waals surface area contributed by atoms with E-state index in [-0.39, 0.29) is 11.9 Å². The van der Waals surface area contributed by atoms with Crippen LogP contribution in [0.1, 0.15) is 27.7 Å². The Kier molecular flexibility index (Phi) is 5.05. The van der Waals surface area contributed by atoms with Gasteiger partial charge in [-0.05, 0) is 42.5 Å². The van der Waals surface area contributed by atoms with Crippen LogP contribution in [0.3, 0.4) is 0 Å². The summed E-state index contributed by atoms with van der Waals surface area (Å²) in [7, 11) is 0. The van der Waals surface area contributed by atoms with E-state index in [0.29, 0.717) is 18.9 Å². The molecular weight excluding hydrogens is 366 g/mol. The van der Waals surface area contributed by atoms with Gasteiger partial charge in [-0.15, -0.1) is 11.3 Å². The summed E-state index contributed by atoms with van der Waals surface area (Å²) in [4.78, 5) is 29.1. The van der Waals surface area contributed by atoms with Crippen LogP contribution in [0, 0.1) is 0 Å². The van der Waals surface area contributed by atoms with E-state index in [1.54, 1.807) is 34.9 Å². The van der Waals surface area contributed by atoms with Crippen LogP contribution >= 0.6 is 23.1 Å². The molecule has 1 unspecified atom stereocenters. The summed E-state index contributed by atoms with van der Waals surface area (Å²) in [6.07, 6.45) is 1.98. The first kappa shape index (κ1) is 17.6. The van der Waals surface area contributed by atoms with Crippen molar-refractivity contribution in [2.24, 2.45) is 0 Å². The third-order valence-electron chi connectivity index (χ3n) is 4.89. The zero-order valence-corrected chi connectivity index (χ0v) is 16.3. The number of hydrogen-bond acceptors (Lipinski definition) is 5. The van der Waals surface area contributed by atoms with E-state index in [9.17, 15) is 9.59 Å². The van der Waals surface area contributed by atoms with E-state index in [1.807, 2.05) is 12.1 Å². The Morgan fingerprint density at radius 3 is 2.88 bits per heavy atom. The highest BCUT2D eigenvalue weighted by Crippen LogP contribution is 2.40. The summed E-state index contributed by atoms with van der Waals surface area (Å²) < 4.78 is 5.18. The van der Waals surface area contributed by atoms with Gasteiger partial charge in [0.2, 0.25) is 0 Å². The number of benzene rings is 1. The number of fused-ring (bicyclic) bond motifs is 3. The number of amides is 1. The number of thioether (sulfide) groups is 1. The molecule has 0 saturated carbocycles. The van der Waals surface area contributed by atoms with Gasteiger partial charge in [0.25, 0.3) is 5.91 Å². The Morgan fingerprint density at radius 1 is 1.23 bits per heavy atom. The molecule has 0 N–H and O–H groups in total. The topological polar surface area (TPSA) is 46.6 Å². The Morgan fingerprint density at radius 2 is 2.04 bits per heavy atom. The zero-order chi connectivity index (χ0) is 18.1. The minimum Gasteiger partial charge on any atom is -0.464 e. The van der Waals surface area contributed by atoms with Crippen LogP contribution in [0.4, 0.5) is 0 Å². The maximum Gasteiger partial charge on any atom is 0.329 e. The number of thiophene rings is 1. The summed E-state index contributed by atoms with van der Waals surface area (Å²) in [5.41, 5.74) is 3.84. The summed E-state index contributed by atoms with van der Waals surface area (Å²) in [6.45, 7) is 2.73. The highest BCUT2D eigenvalue weighted by atomic mass is 32.2. The van der Waals surface area contributed by atoms with E-state index >= 15 is 0 Å². The van der Waals surface area contributed by atoms with Gasteiger partial charge in [-0.25, -0.2) is 4.79 Å². The first-order valence-electron chi connectivity index (χ1n) is 8.95. The molecule has 0 radical (unpaired) electrons. The second-order valence-electron chi connectivity index (χ2n) is 6.46. The van der Waals surface area contributed by atoms with Gasteiger partial charge in [-0.3, -0.25) is 4.79 Å². The predicted molar refractivity (Wildman–Crippen MR) is 106 cm³/mol. The fraction of sp³-hybridized carbons (Fsp3) is 0.400. The first-order chi connectivity index (χ1) is 12.7. The van der Waals surface area contributed by atoms with E-state index in [0.717, 1.165) is 23.5 Å². The molecule has 2 aromatic rings. The summed E-state index contributed by atoms with van der Waals surface area (Å²) in [5, 5.41) is 0. The number of rotatable bonds is 3. The number of nitrogens with zero attached hydrogens (tertiary/aromatic N) is 1. The smallest absolute Gasteiger partial charge is 0.329 e. The number of carbonyl (C=O) groups is 2. The Hall–Kier alpha value is -1.79. The monoisotopic (exact) mass is 387 g/mol. The molecule has 0 bridgehead atoms. The standard InChI is InChI=1S/C20H21NO3S2/c1-2-24-20(23)16-12-25-10-9-21(16)19(22)17-11-14-8-7-13-5-3-4-6-15(13)18(14)26-17/h3-6,11,16H,2,7-10,12H2,1H3. The second kappa shape index (κ2) is 7.45. The van der Waals surface area contributed by atoms with Gasteiger partial charge in [0.15, 0.2) is 0 Å². The molecule has 4 nitrogen and oxygen atoms in total. The van der Waals surface area contributed by atoms with Crippen LogP contribution in [-0.4, -0.2) is 47.5 Å². The number of hydrogen-bond donors (Lipinski definition) is 0. The summed E-state index contributed by atoms with van der Waals surface area (Å²) in [5.74, 6) is 1.13. The van der Waals surface area contributed by atoms with Gasteiger partial charge in [-0.2, -0.15) is 11.8 Å². The molecule has 1 aromatic carbocycles. The first-order valence-corrected chi connectivity index (χ1v) is 10.9. The SMILES string of the molecule is CCOC(=O)C1CSCCN1C(=O)c1cc2c(s1)-c1ccccc1CC2. The fourth-order valence-corrected chi connectivity index (χ4v) is 5.86. The summed E-state index contributed by atoms with van der Waals surface area (Å²) in [6, 6.07) is 9.97. The molecule has 1 saturated heterocycles. The predicted octanol–water partition coefficient (Wildman–Crippen LogP) is 3.63. The molecule has 1 aromatic heterocycles. The van der Waals surface area contributed by atoms with Gasteiger partial charge in [-0.1, -0.05) is 24.3 Å². The van der Waals surface area contributed by atoms with E-state index in [2.05, 4.69) is 18.2 Å². The quantitative estimate of drug-likeness (QED) is 0.755. The molecule has 0 spiro atoms. The van der Waals surface area contributed by atoms with Crippen LogP contribution < -0.4 is 0 Å². The van der Waals surface area contributed by atoms with Crippen molar-refractivity contribution in [1.82, 2.24) is 4.90 Å². The van der Waals surface area contributed by atoms with Crippen LogP contribution in [0.2, 0.25) is 0 Å². The Bertz CT molecular complexity index is 845. The molecule has 1 amide bonds. The van der Waals surface area contributed by atoms with E-state index in [1.165, 1.54) is 21.6 Å². The average molecular weight is 388 g/mol. The minimum absolute atomic E-state index is 0.0414. The lowest BCUT2D eigenvalue weighted by atomic mass is 9.91. The number of esters is 1. The highest BCUT2D eigenvalue weighted by molar-refractivity contribution is 7.99. The minimum atomic E-state index is -0.479. The zero-order valence-electron chi connectivity index (χ0n) is 14.7. The van der Waals surface area contributed by atoms with Gasteiger partial charge < -0.3 is 9.64 Å². The number of ether oxygens (including phenoxy) is 1. The maximum absolute atomic E-state index is 13.2. The molecule has 26 heavy (non-hydrogen) atoms. The van der Waals surface area contributed by atoms with Gasteiger partial charge in [0, 0.05) is 22.9 Å². The molecule has 1 fully saturated rings. The average Bonchev–Trinajstić information content (AvgIpc) is 3.12. The largest absolute Gasteiger partial charge is 0.464 e. The lowest BCUT2D eigenvalue weighted by Crippen LogP contribution is -2.50. The third-order valence-corrected chi connectivity index (χ3v) is 7.11. The van der Waals surface area contributed by atoms with Crippen molar-refractivity contribution in [2.75, 3.05) is 24.7 Å². The van der Waals surface area contributed by atoms with E-state index < -0.39 is 6.04 Å². The van der Waals surface area contributed by atoms with Crippen molar-refractivity contribution in [3.63, 3.8) is 0 Å². The van der Waals surface area contributed by atoms with Crippen molar-refractivity contribution in [1.29, 1.82) is 0 Å². The van der Waals surface area contributed by atoms with Crippen LogP contribution in [0.5, 0.6) is 0 Å². The lowest BCUT2D eigenvalue weighted by Gasteiger charge is -2.33. The third kappa shape index (κ3) is 3.16. The number of aryl methyl sites for hydroxylation is 2. The van der Waals surface area contributed by atoms with E-state index in [4.69, 9.17) is 4.74 Å². The van der Waals surface area contributed by atoms with Crippen molar-refractivity contribution < 1.29 is 14.3 Å². The summed E-state index contributed by atoms with van der Waals surface area (Å²) >= 11 is 3.26. The normalized spacial score (nSPS) is 18.8. The molecule has 2 heterocycles. The van der Waals surface area contributed by atoms with Gasteiger partial charge >= 0.3 is 5.97 Å². The molecule has 1 aliphatic carbocycles. The van der Waals surface area contributed by atoms with Crippen molar-refractivity contribution in [3.8, 4) is 10.4 Å². The maximum atomic E-state index is 13.2. The Balaban J connectivity index is 1.63. The molecule has 2 aliphatic rings. The highest BCUT2D eigenvalue weighted by Gasteiger charge is 2.35. The van der Waals surface area contributed by atoms with Gasteiger partial charge in [0.05, 0.1) is 11.5 Å². The second-order valence-corrected chi connectivity index (χ2v) is 8.67. The molecule has 1 atom stereocenters. The van der Waals surface area contributed by atoms with Crippen LogP contribution in [0.15, 0.2) is 30.3 Å². The van der Waals surface area contributed by atoms with Crippen molar-refractivity contribution in [2.45, 2.75) is 25.8 Å².